The smallest absolute Gasteiger partial charge is 0.182 e. The van der Waals surface area contributed by atoms with Crippen molar-refractivity contribution >= 4 is 34.2 Å². The number of likely N-dealkylation sites (N-methyl/N-ethyl adjacent to an activating group) is 1. The van der Waals surface area contributed by atoms with E-state index < -0.39 is 11.2 Å². The molecule has 0 aliphatic carbocycles. The summed E-state index contributed by atoms with van der Waals surface area (Å²) in [5.74, 6) is 0. The number of anilines is 2. The monoisotopic (exact) mass is 421 g/mol. The molecule has 6 nitrogen and oxygen atoms in total. The molecule has 0 aromatic heterocycles. The lowest BCUT2D eigenvalue weighted by Crippen LogP contribution is -2.61. The lowest BCUT2D eigenvalue weighted by atomic mass is 10.2. The number of hydrogen-bond acceptors (Lipinski definition) is 4. The standard InChI is InChI=1S/C20H24ClN3O3S/c1-23(25)11-13-24(26,14-12-23)10-4-9-22-17-5-2-3-6-19(17)28(27)20-8-7-16(21)15-18(20)22/h2-3,5-8,15H,4,9-14H2,1H3. The van der Waals surface area contributed by atoms with Gasteiger partial charge in [0.2, 0.25) is 0 Å². The summed E-state index contributed by atoms with van der Waals surface area (Å²) in [6.45, 7) is 2.57. The van der Waals surface area contributed by atoms with Crippen LogP contribution in [0.3, 0.4) is 0 Å². The second kappa shape index (κ2) is 7.50. The fourth-order valence-corrected chi connectivity index (χ4v) is 5.46. The third kappa shape index (κ3) is 3.89. The Morgan fingerprint density at radius 3 is 2.43 bits per heavy atom. The van der Waals surface area contributed by atoms with Gasteiger partial charge in [-0.25, -0.2) is 0 Å². The summed E-state index contributed by atoms with van der Waals surface area (Å²) in [5.41, 5.74) is 1.74. The average molecular weight is 422 g/mol. The van der Waals surface area contributed by atoms with Gasteiger partial charge < -0.3 is 29.2 Å². The zero-order chi connectivity index (χ0) is 19.9. The molecule has 0 amide bonds. The predicted molar refractivity (Wildman–Crippen MR) is 112 cm³/mol. The Morgan fingerprint density at radius 2 is 1.68 bits per heavy atom. The predicted octanol–water partition coefficient (Wildman–Crippen LogP) is 3.62. The van der Waals surface area contributed by atoms with Gasteiger partial charge in [0.05, 0.1) is 25.0 Å². The van der Waals surface area contributed by atoms with Crippen molar-refractivity contribution in [1.29, 1.82) is 0 Å². The first-order valence-electron chi connectivity index (χ1n) is 9.49. The molecule has 1 atom stereocenters. The molecule has 0 saturated carbocycles. The van der Waals surface area contributed by atoms with Crippen molar-refractivity contribution in [2.45, 2.75) is 16.2 Å². The van der Waals surface area contributed by atoms with E-state index in [4.69, 9.17) is 11.6 Å². The van der Waals surface area contributed by atoms with Crippen LogP contribution in [0, 0.1) is 10.4 Å². The molecule has 150 valence electrons. The number of rotatable bonds is 4. The lowest BCUT2D eigenvalue weighted by molar-refractivity contribution is -0.980. The number of quaternary nitrogens is 2. The quantitative estimate of drug-likeness (QED) is 0.429. The van der Waals surface area contributed by atoms with Crippen LogP contribution in [0.15, 0.2) is 52.3 Å². The molecule has 0 bridgehead atoms. The summed E-state index contributed by atoms with van der Waals surface area (Å²) in [5, 5.41) is 25.6. The van der Waals surface area contributed by atoms with Crippen LogP contribution in [0.1, 0.15) is 6.42 Å². The van der Waals surface area contributed by atoms with E-state index in [1.54, 1.807) is 13.1 Å². The Balaban J connectivity index is 1.53. The molecule has 1 unspecified atom stereocenters. The molecule has 1 fully saturated rings. The summed E-state index contributed by atoms with van der Waals surface area (Å²) >= 11 is 4.96. The van der Waals surface area contributed by atoms with Crippen LogP contribution in [-0.2, 0) is 11.2 Å². The van der Waals surface area contributed by atoms with E-state index in [0.717, 1.165) is 21.2 Å². The number of para-hydroxylation sites is 1. The molecule has 0 N–H and O–H groups in total. The molecule has 2 aromatic carbocycles. The maximum atomic E-state index is 13.0. The van der Waals surface area contributed by atoms with E-state index in [2.05, 4.69) is 4.90 Å². The largest absolute Gasteiger partial charge is 0.633 e. The van der Waals surface area contributed by atoms with Crippen LogP contribution in [0.5, 0.6) is 0 Å². The second-order valence-corrected chi connectivity index (χ2v) is 9.68. The maximum Gasteiger partial charge on any atom is 0.182 e. The SMILES string of the molecule is C[N+]1([O-])CC[N+]([O-])(CCCN2c3ccccc3[S+]([O-])c3ccc(Cl)cc32)CC1. The third-order valence-electron chi connectivity index (χ3n) is 5.68. The normalized spacial score (nSPS) is 29.3. The summed E-state index contributed by atoms with van der Waals surface area (Å²) in [7, 11) is 1.63. The topological polar surface area (TPSA) is 72.4 Å². The van der Waals surface area contributed by atoms with Gasteiger partial charge >= 0.3 is 0 Å². The van der Waals surface area contributed by atoms with Crippen LogP contribution in [0.25, 0.3) is 0 Å². The summed E-state index contributed by atoms with van der Waals surface area (Å²) in [6.07, 6.45) is 0.680. The minimum atomic E-state index is -1.25. The summed E-state index contributed by atoms with van der Waals surface area (Å²) < 4.78 is 12.3. The zero-order valence-corrected chi connectivity index (χ0v) is 17.4. The third-order valence-corrected chi connectivity index (χ3v) is 7.40. The first kappa shape index (κ1) is 20.0. The van der Waals surface area contributed by atoms with Gasteiger partial charge in [-0.15, -0.1) is 0 Å². The number of nitrogens with zero attached hydrogens (tertiary/aromatic N) is 3. The van der Waals surface area contributed by atoms with Gasteiger partial charge in [-0.1, -0.05) is 23.7 Å². The molecule has 2 aliphatic heterocycles. The number of benzene rings is 2. The Hall–Kier alpha value is -1.32. The molecule has 1 saturated heterocycles. The molecule has 28 heavy (non-hydrogen) atoms. The minimum absolute atomic E-state index is 0.306. The van der Waals surface area contributed by atoms with Crippen molar-refractivity contribution in [2.24, 2.45) is 0 Å². The highest BCUT2D eigenvalue weighted by molar-refractivity contribution is 7.92. The molecular formula is C20H24ClN3O3S. The lowest BCUT2D eigenvalue weighted by Gasteiger charge is -2.52. The van der Waals surface area contributed by atoms with Crippen molar-refractivity contribution in [3.05, 3.63) is 57.9 Å². The van der Waals surface area contributed by atoms with Gasteiger partial charge in [0.1, 0.15) is 26.2 Å². The first-order chi connectivity index (χ1) is 13.3. The van der Waals surface area contributed by atoms with E-state index in [-0.39, 0.29) is 9.29 Å². The Kier molecular flexibility index (Phi) is 5.35. The highest BCUT2D eigenvalue weighted by Crippen LogP contribution is 2.44. The zero-order valence-electron chi connectivity index (χ0n) is 15.8. The van der Waals surface area contributed by atoms with E-state index in [9.17, 15) is 15.0 Å². The van der Waals surface area contributed by atoms with Gasteiger partial charge in [-0.05, 0) is 30.3 Å². The van der Waals surface area contributed by atoms with Crippen molar-refractivity contribution < 1.29 is 13.8 Å². The number of halogens is 1. The molecule has 4 rings (SSSR count). The maximum absolute atomic E-state index is 13.0. The molecular weight excluding hydrogens is 398 g/mol. The number of hydrogen-bond donors (Lipinski definition) is 0. The molecule has 2 heterocycles. The number of piperazine rings is 1. The van der Waals surface area contributed by atoms with Gasteiger partial charge in [0, 0.05) is 29.2 Å². The Morgan fingerprint density at radius 1 is 1.00 bits per heavy atom. The van der Waals surface area contributed by atoms with Gasteiger partial charge in [-0.2, -0.15) is 0 Å². The van der Waals surface area contributed by atoms with Crippen LogP contribution >= 0.6 is 11.6 Å². The van der Waals surface area contributed by atoms with Crippen LogP contribution in [0.2, 0.25) is 5.02 Å². The summed E-state index contributed by atoms with van der Waals surface area (Å²) in [6, 6.07) is 13.1. The van der Waals surface area contributed by atoms with E-state index in [0.29, 0.717) is 50.7 Å². The van der Waals surface area contributed by atoms with E-state index >= 15 is 0 Å². The van der Waals surface area contributed by atoms with Gasteiger partial charge in [0.15, 0.2) is 9.79 Å². The fourth-order valence-electron chi connectivity index (χ4n) is 3.94. The fraction of sp³-hybridized carbons (Fsp3) is 0.400. The van der Waals surface area contributed by atoms with Crippen LogP contribution < -0.4 is 4.90 Å². The Labute approximate surface area is 173 Å². The van der Waals surface area contributed by atoms with Crippen LogP contribution in [-0.4, -0.2) is 60.2 Å². The molecule has 0 spiro atoms. The first-order valence-corrected chi connectivity index (χ1v) is 11.0. The second-order valence-electron chi connectivity index (χ2n) is 7.83. The average Bonchev–Trinajstić information content (AvgIpc) is 2.67. The number of hydroxylamine groups is 6. The highest BCUT2D eigenvalue weighted by Gasteiger charge is 2.34. The number of fused-ring (bicyclic) bond motifs is 2. The molecule has 8 heteroatoms. The molecule has 2 aromatic rings. The van der Waals surface area contributed by atoms with Crippen molar-refractivity contribution in [3.8, 4) is 0 Å². The Bertz CT molecular complexity index is 870. The minimum Gasteiger partial charge on any atom is -0.633 e. The summed E-state index contributed by atoms with van der Waals surface area (Å²) in [4.78, 5) is 3.63. The highest BCUT2D eigenvalue weighted by atomic mass is 35.5. The van der Waals surface area contributed by atoms with Crippen molar-refractivity contribution in [1.82, 2.24) is 0 Å². The van der Waals surface area contributed by atoms with Crippen molar-refractivity contribution in [3.63, 3.8) is 0 Å². The van der Waals surface area contributed by atoms with Crippen LogP contribution in [0.4, 0.5) is 11.4 Å². The van der Waals surface area contributed by atoms with Gasteiger partial charge in [-0.3, -0.25) is 0 Å². The van der Waals surface area contributed by atoms with Crippen molar-refractivity contribution in [2.75, 3.05) is 51.2 Å². The van der Waals surface area contributed by atoms with E-state index in [1.807, 2.05) is 36.4 Å². The van der Waals surface area contributed by atoms with E-state index in [1.165, 1.54) is 0 Å². The molecule has 2 aliphatic rings. The molecule has 0 radical (unpaired) electrons. The van der Waals surface area contributed by atoms with Gasteiger partial charge in [0.25, 0.3) is 0 Å².